The molecule has 0 aliphatic carbocycles. The zero-order chi connectivity index (χ0) is 13.1. The Morgan fingerprint density at radius 2 is 2.06 bits per heavy atom. The summed E-state index contributed by atoms with van der Waals surface area (Å²) in [6.07, 6.45) is 3.77. The summed E-state index contributed by atoms with van der Waals surface area (Å²) in [5.74, 6) is -0.568. The van der Waals surface area contributed by atoms with Crippen molar-refractivity contribution in [3.05, 3.63) is 0 Å². The minimum atomic E-state index is -0.997. The quantitative estimate of drug-likeness (QED) is 0.821. The average molecular weight is 241 g/mol. The van der Waals surface area contributed by atoms with E-state index in [1.54, 1.807) is 11.8 Å². The normalized spacial score (nSPS) is 26.6. The van der Waals surface area contributed by atoms with E-state index in [4.69, 9.17) is 0 Å². The van der Waals surface area contributed by atoms with Gasteiger partial charge in [-0.25, -0.2) is 4.79 Å². The SMILES string of the molecule is CCC(C)CC(=O)N1CCCCC1(C)C(=O)O. The summed E-state index contributed by atoms with van der Waals surface area (Å²) in [5.41, 5.74) is -0.997. The molecule has 1 aliphatic rings. The maximum Gasteiger partial charge on any atom is 0.329 e. The van der Waals surface area contributed by atoms with E-state index in [0.717, 1.165) is 19.3 Å². The van der Waals surface area contributed by atoms with Gasteiger partial charge in [-0.1, -0.05) is 20.3 Å². The molecule has 1 amide bonds. The minimum Gasteiger partial charge on any atom is -0.480 e. The van der Waals surface area contributed by atoms with Gasteiger partial charge >= 0.3 is 5.97 Å². The Kier molecular flexibility index (Phi) is 4.54. The molecule has 0 radical (unpaired) electrons. The van der Waals surface area contributed by atoms with Gasteiger partial charge in [-0.3, -0.25) is 4.79 Å². The van der Waals surface area contributed by atoms with Gasteiger partial charge in [0, 0.05) is 13.0 Å². The first-order valence-electron chi connectivity index (χ1n) is 6.45. The highest BCUT2D eigenvalue weighted by Gasteiger charge is 2.43. The van der Waals surface area contributed by atoms with E-state index < -0.39 is 11.5 Å². The number of rotatable bonds is 4. The number of carbonyl (C=O) groups excluding carboxylic acids is 1. The fraction of sp³-hybridized carbons (Fsp3) is 0.846. The van der Waals surface area contributed by atoms with Gasteiger partial charge in [0.05, 0.1) is 0 Å². The van der Waals surface area contributed by atoms with E-state index >= 15 is 0 Å². The number of aliphatic carboxylic acids is 1. The summed E-state index contributed by atoms with van der Waals surface area (Å²) in [4.78, 5) is 25.1. The molecule has 1 heterocycles. The summed E-state index contributed by atoms with van der Waals surface area (Å²) >= 11 is 0. The molecule has 1 rings (SSSR count). The van der Waals surface area contributed by atoms with E-state index in [2.05, 4.69) is 0 Å². The van der Waals surface area contributed by atoms with Gasteiger partial charge in [0.1, 0.15) is 5.54 Å². The van der Waals surface area contributed by atoms with Crippen molar-refractivity contribution in [3.8, 4) is 0 Å². The van der Waals surface area contributed by atoms with Crippen LogP contribution in [0.25, 0.3) is 0 Å². The first kappa shape index (κ1) is 14.0. The molecule has 17 heavy (non-hydrogen) atoms. The van der Waals surface area contributed by atoms with Crippen LogP contribution >= 0.6 is 0 Å². The van der Waals surface area contributed by atoms with Crippen molar-refractivity contribution < 1.29 is 14.7 Å². The van der Waals surface area contributed by atoms with Gasteiger partial charge in [-0.2, -0.15) is 0 Å². The van der Waals surface area contributed by atoms with Gasteiger partial charge in [0.25, 0.3) is 0 Å². The Morgan fingerprint density at radius 1 is 1.41 bits per heavy atom. The largest absolute Gasteiger partial charge is 0.480 e. The Labute approximate surface area is 103 Å². The zero-order valence-corrected chi connectivity index (χ0v) is 11.0. The molecule has 2 unspecified atom stereocenters. The number of hydrogen-bond donors (Lipinski definition) is 1. The van der Waals surface area contributed by atoms with Crippen molar-refractivity contribution in [2.45, 2.75) is 58.4 Å². The monoisotopic (exact) mass is 241 g/mol. The molecule has 4 heteroatoms. The molecule has 1 N–H and O–H groups in total. The van der Waals surface area contributed by atoms with Crippen LogP contribution in [0.3, 0.4) is 0 Å². The van der Waals surface area contributed by atoms with E-state index in [0.29, 0.717) is 25.3 Å². The lowest BCUT2D eigenvalue weighted by molar-refractivity contribution is -0.161. The Hall–Kier alpha value is -1.06. The van der Waals surface area contributed by atoms with Crippen LogP contribution in [0.2, 0.25) is 0 Å². The highest BCUT2D eigenvalue weighted by molar-refractivity contribution is 5.87. The molecule has 1 fully saturated rings. The van der Waals surface area contributed by atoms with Crippen molar-refractivity contribution in [1.82, 2.24) is 4.90 Å². The summed E-state index contributed by atoms with van der Waals surface area (Å²) in [6, 6.07) is 0. The van der Waals surface area contributed by atoms with Crippen molar-refractivity contribution in [3.63, 3.8) is 0 Å². The fourth-order valence-electron chi connectivity index (χ4n) is 2.30. The fourth-order valence-corrected chi connectivity index (χ4v) is 2.30. The number of nitrogens with zero attached hydrogens (tertiary/aromatic N) is 1. The molecule has 0 aromatic heterocycles. The number of likely N-dealkylation sites (tertiary alicyclic amines) is 1. The highest BCUT2D eigenvalue weighted by atomic mass is 16.4. The maximum absolute atomic E-state index is 12.2. The van der Waals surface area contributed by atoms with Crippen molar-refractivity contribution in [1.29, 1.82) is 0 Å². The molecule has 0 bridgehead atoms. The van der Waals surface area contributed by atoms with Crippen LogP contribution in [-0.4, -0.2) is 34.0 Å². The Bertz CT molecular complexity index is 303. The molecule has 0 spiro atoms. The average Bonchev–Trinajstić information content (AvgIpc) is 2.29. The predicted molar refractivity (Wildman–Crippen MR) is 65.7 cm³/mol. The number of carboxylic acid groups (broad SMARTS) is 1. The standard InChI is InChI=1S/C13H23NO3/c1-4-10(2)9-11(15)14-8-6-5-7-13(14,3)12(16)17/h10H,4-9H2,1-3H3,(H,16,17). The number of hydrogen-bond acceptors (Lipinski definition) is 2. The molecule has 4 nitrogen and oxygen atoms in total. The van der Waals surface area contributed by atoms with Gasteiger partial charge in [-0.05, 0) is 32.1 Å². The summed E-state index contributed by atoms with van der Waals surface area (Å²) in [7, 11) is 0. The lowest BCUT2D eigenvalue weighted by Gasteiger charge is -2.42. The third kappa shape index (κ3) is 2.99. The van der Waals surface area contributed by atoms with Crippen LogP contribution in [0.5, 0.6) is 0 Å². The number of carbonyl (C=O) groups is 2. The first-order chi connectivity index (χ1) is 7.91. The molecule has 1 saturated heterocycles. The van der Waals surface area contributed by atoms with Crippen molar-refractivity contribution in [2.75, 3.05) is 6.54 Å². The molecule has 0 aromatic carbocycles. The molecular weight excluding hydrogens is 218 g/mol. The smallest absolute Gasteiger partial charge is 0.329 e. The van der Waals surface area contributed by atoms with Gasteiger partial charge in [-0.15, -0.1) is 0 Å². The third-order valence-corrected chi connectivity index (χ3v) is 3.87. The van der Waals surface area contributed by atoms with E-state index in [-0.39, 0.29) is 5.91 Å². The van der Waals surface area contributed by atoms with E-state index in [1.807, 2.05) is 13.8 Å². The topological polar surface area (TPSA) is 57.6 Å². The lowest BCUT2D eigenvalue weighted by Crippen LogP contribution is -2.57. The lowest BCUT2D eigenvalue weighted by atomic mass is 9.87. The predicted octanol–water partition coefficient (Wildman–Crippen LogP) is 2.28. The van der Waals surface area contributed by atoms with Crippen LogP contribution in [0.4, 0.5) is 0 Å². The summed E-state index contributed by atoms with van der Waals surface area (Å²) in [5, 5.41) is 9.31. The number of carboxylic acids is 1. The van der Waals surface area contributed by atoms with Crippen LogP contribution in [0, 0.1) is 5.92 Å². The number of amides is 1. The van der Waals surface area contributed by atoms with E-state index in [9.17, 15) is 14.7 Å². The van der Waals surface area contributed by atoms with Crippen LogP contribution < -0.4 is 0 Å². The van der Waals surface area contributed by atoms with E-state index in [1.165, 1.54) is 0 Å². The molecule has 0 saturated carbocycles. The third-order valence-electron chi connectivity index (χ3n) is 3.87. The molecular formula is C13H23NO3. The number of piperidine rings is 1. The van der Waals surface area contributed by atoms with Crippen LogP contribution in [0.15, 0.2) is 0 Å². The van der Waals surface area contributed by atoms with Crippen molar-refractivity contribution >= 4 is 11.9 Å². The summed E-state index contributed by atoms with van der Waals surface area (Å²) < 4.78 is 0. The molecule has 0 aromatic rings. The zero-order valence-electron chi connectivity index (χ0n) is 11.0. The Morgan fingerprint density at radius 3 is 2.59 bits per heavy atom. The highest BCUT2D eigenvalue weighted by Crippen LogP contribution is 2.29. The maximum atomic E-state index is 12.2. The molecule has 2 atom stereocenters. The van der Waals surface area contributed by atoms with Crippen molar-refractivity contribution in [2.24, 2.45) is 5.92 Å². The minimum absolute atomic E-state index is 0.0102. The summed E-state index contributed by atoms with van der Waals surface area (Å²) in [6.45, 7) is 6.32. The second kappa shape index (κ2) is 5.52. The van der Waals surface area contributed by atoms with Crippen LogP contribution in [-0.2, 0) is 9.59 Å². The van der Waals surface area contributed by atoms with Gasteiger partial charge in [0.15, 0.2) is 0 Å². The second-order valence-electron chi connectivity index (χ2n) is 5.30. The second-order valence-corrected chi connectivity index (χ2v) is 5.30. The van der Waals surface area contributed by atoms with Gasteiger partial charge < -0.3 is 10.0 Å². The van der Waals surface area contributed by atoms with Gasteiger partial charge in [0.2, 0.25) is 5.91 Å². The first-order valence-corrected chi connectivity index (χ1v) is 6.45. The Balaban J connectivity index is 2.78. The molecule has 1 aliphatic heterocycles. The van der Waals surface area contributed by atoms with Crippen LogP contribution in [0.1, 0.15) is 52.9 Å². The molecule has 98 valence electrons.